The predicted molar refractivity (Wildman–Crippen MR) is 72.1 cm³/mol. The van der Waals surface area contributed by atoms with E-state index in [0.717, 1.165) is 11.4 Å². The number of carbonyl (C=O) groups excluding carboxylic acids is 1. The smallest absolute Gasteiger partial charge is 0.248 e. The van der Waals surface area contributed by atoms with Crippen molar-refractivity contribution < 1.29 is 4.79 Å². The van der Waals surface area contributed by atoms with Crippen LogP contribution in [0.25, 0.3) is 5.69 Å². The minimum atomic E-state index is -0.293. The molecule has 1 amide bonds. The topological polar surface area (TPSA) is 46.9 Å². The number of nitrogens with one attached hydrogen (secondary N) is 1. The van der Waals surface area contributed by atoms with Gasteiger partial charge < -0.3 is 5.32 Å². The molecule has 2 rings (SSSR count). The molecule has 0 spiro atoms. The van der Waals surface area contributed by atoms with E-state index in [9.17, 15) is 4.79 Å². The summed E-state index contributed by atoms with van der Waals surface area (Å²) in [6.45, 7) is 5.28. The summed E-state index contributed by atoms with van der Waals surface area (Å²) < 4.78 is 1.68. The SMILES string of the molecule is C=CC(=O)Nc1cc(C)n(-c2ccccc2Cl)n1. The number of benzene rings is 1. The van der Waals surface area contributed by atoms with Crippen LogP contribution in [0.2, 0.25) is 5.02 Å². The van der Waals surface area contributed by atoms with Crippen molar-refractivity contribution in [3.8, 4) is 5.69 Å². The number of hydrogen-bond acceptors (Lipinski definition) is 2. The maximum atomic E-state index is 11.2. The fourth-order valence-electron chi connectivity index (χ4n) is 1.58. The Kier molecular flexibility index (Phi) is 3.48. The Balaban J connectivity index is 2.38. The van der Waals surface area contributed by atoms with Crippen LogP contribution in [-0.2, 0) is 4.79 Å². The summed E-state index contributed by atoms with van der Waals surface area (Å²) in [5.41, 5.74) is 1.65. The summed E-state index contributed by atoms with van der Waals surface area (Å²) in [7, 11) is 0. The molecule has 0 saturated carbocycles. The number of nitrogens with zero attached hydrogens (tertiary/aromatic N) is 2. The van der Waals surface area contributed by atoms with Crippen molar-refractivity contribution in [3.05, 3.63) is 53.7 Å². The zero-order valence-corrected chi connectivity index (χ0v) is 10.6. The molecule has 1 N–H and O–H groups in total. The van der Waals surface area contributed by atoms with Crippen molar-refractivity contribution in [3.63, 3.8) is 0 Å². The van der Waals surface area contributed by atoms with Crippen molar-refractivity contribution in [2.24, 2.45) is 0 Å². The van der Waals surface area contributed by atoms with E-state index < -0.39 is 0 Å². The normalized spacial score (nSPS) is 10.1. The third kappa shape index (κ3) is 2.43. The van der Waals surface area contributed by atoms with Crippen LogP contribution in [0.3, 0.4) is 0 Å². The number of carbonyl (C=O) groups is 1. The molecular weight excluding hydrogens is 250 g/mol. The van der Waals surface area contributed by atoms with Crippen molar-refractivity contribution in [2.75, 3.05) is 5.32 Å². The molecule has 1 heterocycles. The Bertz CT molecular complexity index is 604. The predicted octanol–water partition coefficient (Wildman–Crippen LogP) is 2.96. The average Bonchev–Trinajstić information content (AvgIpc) is 2.70. The molecular formula is C13H12ClN3O. The van der Waals surface area contributed by atoms with Gasteiger partial charge in [0.1, 0.15) is 0 Å². The molecule has 0 radical (unpaired) electrons. The van der Waals surface area contributed by atoms with Crippen molar-refractivity contribution >= 4 is 23.3 Å². The number of para-hydroxylation sites is 1. The zero-order valence-electron chi connectivity index (χ0n) is 9.85. The van der Waals surface area contributed by atoms with Gasteiger partial charge in [0, 0.05) is 11.8 Å². The van der Waals surface area contributed by atoms with Crippen LogP contribution in [0.5, 0.6) is 0 Å². The highest BCUT2D eigenvalue weighted by Crippen LogP contribution is 2.22. The van der Waals surface area contributed by atoms with E-state index in [1.807, 2.05) is 25.1 Å². The lowest BCUT2D eigenvalue weighted by Gasteiger charge is -2.05. The Morgan fingerprint density at radius 3 is 2.89 bits per heavy atom. The van der Waals surface area contributed by atoms with Gasteiger partial charge in [-0.25, -0.2) is 4.68 Å². The molecule has 2 aromatic rings. The van der Waals surface area contributed by atoms with E-state index in [-0.39, 0.29) is 5.91 Å². The first kappa shape index (κ1) is 12.4. The van der Waals surface area contributed by atoms with Gasteiger partial charge in [-0.1, -0.05) is 30.3 Å². The summed E-state index contributed by atoms with van der Waals surface area (Å²) >= 11 is 6.11. The molecule has 1 aromatic heterocycles. The number of rotatable bonds is 3. The van der Waals surface area contributed by atoms with E-state index in [1.165, 1.54) is 6.08 Å². The number of anilines is 1. The van der Waals surface area contributed by atoms with Crippen LogP contribution in [0.15, 0.2) is 43.0 Å². The van der Waals surface area contributed by atoms with Gasteiger partial charge in [-0.15, -0.1) is 5.10 Å². The molecule has 1 aromatic carbocycles. The minimum absolute atomic E-state index is 0.293. The Labute approximate surface area is 110 Å². The first-order valence-corrected chi connectivity index (χ1v) is 5.74. The van der Waals surface area contributed by atoms with Gasteiger partial charge in [0.05, 0.1) is 10.7 Å². The molecule has 0 aliphatic heterocycles. The molecule has 0 bridgehead atoms. The lowest BCUT2D eigenvalue weighted by atomic mass is 10.3. The van der Waals surface area contributed by atoms with E-state index in [0.29, 0.717) is 10.8 Å². The monoisotopic (exact) mass is 261 g/mol. The maximum Gasteiger partial charge on any atom is 0.248 e. The highest BCUT2D eigenvalue weighted by molar-refractivity contribution is 6.32. The van der Waals surface area contributed by atoms with Gasteiger partial charge in [0.2, 0.25) is 5.91 Å². The van der Waals surface area contributed by atoms with Crippen LogP contribution < -0.4 is 5.32 Å². The summed E-state index contributed by atoms with van der Waals surface area (Å²) in [6, 6.07) is 9.15. The molecule has 92 valence electrons. The van der Waals surface area contributed by atoms with E-state index in [4.69, 9.17) is 11.6 Å². The van der Waals surface area contributed by atoms with E-state index >= 15 is 0 Å². The van der Waals surface area contributed by atoms with Gasteiger partial charge >= 0.3 is 0 Å². The molecule has 0 atom stereocenters. The van der Waals surface area contributed by atoms with Crippen molar-refractivity contribution in [2.45, 2.75) is 6.92 Å². The van der Waals surface area contributed by atoms with Gasteiger partial charge in [-0.05, 0) is 25.1 Å². The Morgan fingerprint density at radius 1 is 1.50 bits per heavy atom. The molecule has 4 nitrogen and oxygen atoms in total. The number of hydrogen-bond donors (Lipinski definition) is 1. The van der Waals surface area contributed by atoms with Gasteiger partial charge in [0.15, 0.2) is 5.82 Å². The van der Waals surface area contributed by atoms with Gasteiger partial charge in [0.25, 0.3) is 0 Å². The van der Waals surface area contributed by atoms with Gasteiger partial charge in [-0.2, -0.15) is 0 Å². The highest BCUT2D eigenvalue weighted by Gasteiger charge is 2.09. The van der Waals surface area contributed by atoms with Crippen molar-refractivity contribution in [1.29, 1.82) is 0 Å². The first-order valence-electron chi connectivity index (χ1n) is 5.37. The number of aromatic nitrogens is 2. The molecule has 0 saturated heterocycles. The molecule has 5 heteroatoms. The lowest BCUT2D eigenvalue weighted by Crippen LogP contribution is -2.08. The maximum absolute atomic E-state index is 11.2. The second-order valence-electron chi connectivity index (χ2n) is 3.73. The molecule has 0 aliphatic carbocycles. The van der Waals surface area contributed by atoms with Crippen LogP contribution in [0.4, 0.5) is 5.82 Å². The summed E-state index contributed by atoms with van der Waals surface area (Å²) in [5, 5.41) is 7.49. The molecule has 0 unspecified atom stereocenters. The fourth-order valence-corrected chi connectivity index (χ4v) is 1.80. The summed E-state index contributed by atoms with van der Waals surface area (Å²) in [5.74, 6) is 0.177. The third-order valence-corrected chi connectivity index (χ3v) is 2.72. The van der Waals surface area contributed by atoms with Crippen LogP contribution in [0.1, 0.15) is 5.69 Å². The molecule has 0 aliphatic rings. The van der Waals surface area contributed by atoms with Crippen LogP contribution in [0, 0.1) is 6.92 Å². The summed E-state index contributed by atoms with van der Waals surface area (Å²) in [6.07, 6.45) is 1.20. The Hall–Kier alpha value is -2.07. The van der Waals surface area contributed by atoms with Crippen LogP contribution in [-0.4, -0.2) is 15.7 Å². The highest BCUT2D eigenvalue weighted by atomic mass is 35.5. The van der Waals surface area contributed by atoms with Crippen molar-refractivity contribution in [1.82, 2.24) is 9.78 Å². The fraction of sp³-hybridized carbons (Fsp3) is 0.0769. The summed E-state index contributed by atoms with van der Waals surface area (Å²) in [4.78, 5) is 11.2. The van der Waals surface area contributed by atoms with E-state index in [1.54, 1.807) is 16.8 Å². The molecule has 18 heavy (non-hydrogen) atoms. The third-order valence-electron chi connectivity index (χ3n) is 2.40. The minimum Gasteiger partial charge on any atom is -0.306 e. The number of amides is 1. The van der Waals surface area contributed by atoms with E-state index in [2.05, 4.69) is 17.0 Å². The Morgan fingerprint density at radius 2 is 2.22 bits per heavy atom. The lowest BCUT2D eigenvalue weighted by molar-refractivity contribution is -0.111. The average molecular weight is 262 g/mol. The quantitative estimate of drug-likeness (QED) is 0.864. The largest absolute Gasteiger partial charge is 0.306 e. The first-order chi connectivity index (χ1) is 8.61. The second-order valence-corrected chi connectivity index (χ2v) is 4.13. The second kappa shape index (κ2) is 5.06. The van der Waals surface area contributed by atoms with Gasteiger partial charge in [-0.3, -0.25) is 4.79 Å². The standard InChI is InChI=1S/C13H12ClN3O/c1-3-13(18)15-12-8-9(2)17(16-12)11-7-5-4-6-10(11)14/h3-8H,1H2,2H3,(H,15,16,18). The number of aryl methyl sites for hydroxylation is 1. The molecule has 0 fully saturated rings. The number of halogens is 1. The van der Waals surface area contributed by atoms with Crippen LogP contribution >= 0.6 is 11.6 Å². The zero-order chi connectivity index (χ0) is 13.1.